The van der Waals surface area contributed by atoms with Gasteiger partial charge in [0.1, 0.15) is 0 Å². The van der Waals surface area contributed by atoms with Crippen molar-refractivity contribution in [3.63, 3.8) is 0 Å². The van der Waals surface area contributed by atoms with Crippen LogP contribution in [0.15, 0.2) is 4.99 Å². The van der Waals surface area contributed by atoms with Gasteiger partial charge in [0.2, 0.25) is 5.91 Å². The number of amides is 1. The van der Waals surface area contributed by atoms with Crippen LogP contribution in [0.2, 0.25) is 0 Å². The van der Waals surface area contributed by atoms with Crippen molar-refractivity contribution in [3.05, 3.63) is 0 Å². The van der Waals surface area contributed by atoms with Gasteiger partial charge in [-0.2, -0.15) is 0 Å². The summed E-state index contributed by atoms with van der Waals surface area (Å²) in [5.74, 6) is 1.24. The van der Waals surface area contributed by atoms with Crippen LogP contribution in [-0.2, 0) is 9.53 Å². The second-order valence-corrected chi connectivity index (χ2v) is 7.38. The Kier molecular flexibility index (Phi) is 7.77. The first kappa shape index (κ1) is 21.5. The summed E-state index contributed by atoms with van der Waals surface area (Å²) >= 11 is 0. The van der Waals surface area contributed by atoms with E-state index >= 15 is 0 Å². The number of hydrogen-bond acceptors (Lipinski definition) is 3. The van der Waals surface area contributed by atoms with E-state index in [0.717, 1.165) is 31.8 Å². The Hall–Kier alpha value is -0.570. The van der Waals surface area contributed by atoms with E-state index in [1.165, 1.54) is 0 Å². The number of rotatable bonds is 7. The van der Waals surface area contributed by atoms with E-state index < -0.39 is 0 Å². The highest BCUT2D eigenvalue weighted by molar-refractivity contribution is 14.0. The maximum absolute atomic E-state index is 11.6. The van der Waals surface area contributed by atoms with Crippen LogP contribution in [0.4, 0.5) is 0 Å². The topological polar surface area (TPSA) is 74.8 Å². The lowest BCUT2D eigenvalue weighted by molar-refractivity contribution is -0.176. The van der Waals surface area contributed by atoms with Crippen LogP contribution < -0.4 is 16.0 Å². The molecule has 6 nitrogen and oxygen atoms in total. The van der Waals surface area contributed by atoms with Gasteiger partial charge in [0.25, 0.3) is 0 Å². The van der Waals surface area contributed by atoms with E-state index in [0.29, 0.717) is 19.1 Å². The van der Waals surface area contributed by atoms with Crippen LogP contribution >= 0.6 is 24.0 Å². The Morgan fingerprint density at radius 3 is 2.42 bits per heavy atom. The molecular formula is C17H33IN4O2. The van der Waals surface area contributed by atoms with Crippen molar-refractivity contribution in [2.45, 2.75) is 58.6 Å². The Morgan fingerprint density at radius 1 is 1.25 bits per heavy atom. The van der Waals surface area contributed by atoms with E-state index in [-0.39, 0.29) is 46.8 Å². The Bertz CT molecular complexity index is 466. The largest absolute Gasteiger partial charge is 0.378 e. The second kappa shape index (κ2) is 8.69. The summed E-state index contributed by atoms with van der Waals surface area (Å²) in [5, 5.41) is 9.72. The zero-order valence-corrected chi connectivity index (χ0v) is 17.9. The number of methoxy groups -OCH3 is 1. The predicted octanol–water partition coefficient (Wildman–Crippen LogP) is 1.89. The molecule has 2 unspecified atom stereocenters. The third-order valence-corrected chi connectivity index (χ3v) is 5.56. The maximum atomic E-state index is 11.6. The third kappa shape index (κ3) is 4.74. The van der Waals surface area contributed by atoms with Gasteiger partial charge in [-0.05, 0) is 33.1 Å². The maximum Gasteiger partial charge on any atom is 0.223 e. The first-order valence-electron chi connectivity index (χ1n) is 8.71. The fourth-order valence-electron chi connectivity index (χ4n) is 3.04. The first-order chi connectivity index (χ1) is 10.8. The summed E-state index contributed by atoms with van der Waals surface area (Å²) < 4.78 is 5.67. The van der Waals surface area contributed by atoms with Crippen LogP contribution in [0.5, 0.6) is 0 Å². The molecular weight excluding hydrogens is 419 g/mol. The molecule has 2 rings (SSSR count). The van der Waals surface area contributed by atoms with Gasteiger partial charge in [-0.15, -0.1) is 24.0 Å². The van der Waals surface area contributed by atoms with Crippen molar-refractivity contribution < 1.29 is 9.53 Å². The molecule has 140 valence electrons. The number of carbonyl (C=O) groups is 1. The van der Waals surface area contributed by atoms with Crippen molar-refractivity contribution in [2.75, 3.05) is 26.7 Å². The van der Waals surface area contributed by atoms with E-state index in [2.05, 4.69) is 48.6 Å². The quantitative estimate of drug-likeness (QED) is 0.239. The SMILES string of the molecule is CCNC(=NCCNC(=O)C1CC1)NC1CC(C)(OC)C1(C)C.I. The fourth-order valence-corrected chi connectivity index (χ4v) is 3.04. The average Bonchev–Trinajstić information content (AvgIpc) is 3.35. The minimum atomic E-state index is -0.0970. The summed E-state index contributed by atoms with van der Waals surface area (Å²) in [4.78, 5) is 16.2. The molecule has 2 aliphatic rings. The van der Waals surface area contributed by atoms with Crippen molar-refractivity contribution in [1.29, 1.82) is 0 Å². The lowest BCUT2D eigenvalue weighted by Crippen LogP contribution is -2.69. The fraction of sp³-hybridized carbons (Fsp3) is 0.882. The highest BCUT2D eigenvalue weighted by atomic mass is 127. The minimum Gasteiger partial charge on any atom is -0.378 e. The number of hydrogen-bond donors (Lipinski definition) is 3. The summed E-state index contributed by atoms with van der Waals surface area (Å²) in [7, 11) is 1.78. The molecule has 0 aliphatic heterocycles. The van der Waals surface area contributed by atoms with Gasteiger partial charge in [0.15, 0.2) is 5.96 Å². The lowest BCUT2D eigenvalue weighted by Gasteiger charge is -2.59. The van der Waals surface area contributed by atoms with Crippen molar-refractivity contribution >= 4 is 35.8 Å². The monoisotopic (exact) mass is 452 g/mol. The number of aliphatic imine (C=N–C) groups is 1. The Morgan fingerprint density at radius 2 is 1.92 bits per heavy atom. The average molecular weight is 452 g/mol. The number of carbonyl (C=O) groups excluding carboxylic acids is 1. The van der Waals surface area contributed by atoms with Crippen LogP contribution in [0, 0.1) is 11.3 Å². The lowest BCUT2D eigenvalue weighted by atomic mass is 9.56. The van der Waals surface area contributed by atoms with Crippen molar-refractivity contribution in [3.8, 4) is 0 Å². The number of guanidine groups is 1. The Labute approximate surface area is 163 Å². The van der Waals surface area contributed by atoms with Gasteiger partial charge in [0.05, 0.1) is 12.1 Å². The minimum absolute atomic E-state index is 0. The van der Waals surface area contributed by atoms with Crippen molar-refractivity contribution in [2.24, 2.45) is 16.3 Å². The molecule has 0 saturated heterocycles. The molecule has 0 aromatic carbocycles. The van der Waals surface area contributed by atoms with Crippen LogP contribution in [-0.4, -0.2) is 50.3 Å². The molecule has 2 atom stereocenters. The predicted molar refractivity (Wildman–Crippen MR) is 108 cm³/mol. The normalized spacial score (nSPS) is 28.4. The molecule has 7 heteroatoms. The highest BCUT2D eigenvalue weighted by Crippen LogP contribution is 2.51. The molecule has 3 N–H and O–H groups in total. The molecule has 0 heterocycles. The molecule has 0 aromatic rings. The number of ether oxygens (including phenoxy) is 1. The zero-order chi connectivity index (χ0) is 17.1. The molecule has 0 aromatic heterocycles. The number of nitrogens with zero attached hydrogens (tertiary/aromatic N) is 1. The van der Waals surface area contributed by atoms with E-state index in [9.17, 15) is 4.79 Å². The molecule has 1 amide bonds. The second-order valence-electron chi connectivity index (χ2n) is 7.38. The summed E-state index contributed by atoms with van der Waals surface area (Å²) in [6.07, 6.45) is 3.03. The van der Waals surface area contributed by atoms with Crippen LogP contribution in [0.1, 0.15) is 47.0 Å². The van der Waals surface area contributed by atoms with Crippen LogP contribution in [0.25, 0.3) is 0 Å². The molecule has 2 fully saturated rings. The van der Waals surface area contributed by atoms with Gasteiger partial charge in [-0.25, -0.2) is 0 Å². The van der Waals surface area contributed by atoms with E-state index in [4.69, 9.17) is 4.74 Å². The van der Waals surface area contributed by atoms with Gasteiger partial charge in [0, 0.05) is 37.6 Å². The molecule has 0 bridgehead atoms. The molecule has 0 radical (unpaired) electrons. The third-order valence-electron chi connectivity index (χ3n) is 5.56. The molecule has 0 spiro atoms. The van der Waals surface area contributed by atoms with Gasteiger partial charge in [-0.3, -0.25) is 9.79 Å². The van der Waals surface area contributed by atoms with Gasteiger partial charge < -0.3 is 20.7 Å². The standard InChI is InChI=1S/C17H32N4O2.HI/c1-6-18-15(20-10-9-19-14(22)12-7-8-12)21-13-11-17(4,23-5)16(13,2)3;/h12-13H,6-11H2,1-5H3,(H,19,22)(H2,18,20,21);1H. The first-order valence-corrected chi connectivity index (χ1v) is 8.71. The van der Waals surface area contributed by atoms with Gasteiger partial charge >= 0.3 is 0 Å². The van der Waals surface area contributed by atoms with Gasteiger partial charge in [-0.1, -0.05) is 13.8 Å². The zero-order valence-electron chi connectivity index (χ0n) is 15.6. The number of halogens is 1. The highest BCUT2D eigenvalue weighted by Gasteiger charge is 2.58. The summed E-state index contributed by atoms with van der Waals surface area (Å²) in [6, 6.07) is 0.325. The summed E-state index contributed by atoms with van der Waals surface area (Å²) in [6.45, 7) is 10.6. The van der Waals surface area contributed by atoms with Crippen molar-refractivity contribution in [1.82, 2.24) is 16.0 Å². The van der Waals surface area contributed by atoms with Crippen LogP contribution in [0.3, 0.4) is 0 Å². The van der Waals surface area contributed by atoms with E-state index in [1.807, 2.05) is 0 Å². The summed E-state index contributed by atoms with van der Waals surface area (Å²) in [5.41, 5.74) is -0.0572. The van der Waals surface area contributed by atoms with E-state index in [1.54, 1.807) is 7.11 Å². The smallest absolute Gasteiger partial charge is 0.223 e. The number of nitrogens with one attached hydrogen (secondary N) is 3. The molecule has 24 heavy (non-hydrogen) atoms. The molecule has 2 aliphatic carbocycles. The molecule has 2 saturated carbocycles. The Balaban J connectivity index is 0.00000288.